The number of piperazine rings is 1. The van der Waals surface area contributed by atoms with Crippen LogP contribution in [-0.4, -0.2) is 46.7 Å². The molecular formula is C13H20N4O. The highest BCUT2D eigenvalue weighted by Crippen LogP contribution is 2.31. The van der Waals surface area contributed by atoms with Gasteiger partial charge in [0.15, 0.2) is 0 Å². The lowest BCUT2D eigenvalue weighted by molar-refractivity contribution is -0.134. The minimum Gasteiger partial charge on any atom is -0.339 e. The number of aryl methyl sites for hydroxylation is 1. The van der Waals surface area contributed by atoms with E-state index >= 15 is 0 Å². The Labute approximate surface area is 107 Å². The summed E-state index contributed by atoms with van der Waals surface area (Å²) >= 11 is 0. The molecule has 1 aromatic heterocycles. The van der Waals surface area contributed by atoms with E-state index in [0.29, 0.717) is 6.04 Å². The van der Waals surface area contributed by atoms with Crippen LogP contribution in [0.1, 0.15) is 36.9 Å². The van der Waals surface area contributed by atoms with Gasteiger partial charge in [-0.05, 0) is 26.2 Å². The molecule has 0 bridgehead atoms. The molecule has 1 unspecified atom stereocenters. The van der Waals surface area contributed by atoms with Crippen molar-refractivity contribution >= 4 is 5.91 Å². The molecule has 0 radical (unpaired) electrons. The minimum absolute atomic E-state index is 0.0257. The number of nitrogens with one attached hydrogen (secondary N) is 2. The highest BCUT2D eigenvalue weighted by atomic mass is 16.2. The Hall–Kier alpha value is -1.36. The lowest BCUT2D eigenvalue weighted by Gasteiger charge is -2.35. The van der Waals surface area contributed by atoms with Gasteiger partial charge in [0.25, 0.3) is 0 Å². The molecule has 1 fully saturated rings. The third-order valence-electron chi connectivity index (χ3n) is 4.03. The molecule has 1 aliphatic carbocycles. The number of carbonyl (C=O) groups excluding carboxylic acids is 1. The summed E-state index contributed by atoms with van der Waals surface area (Å²) in [6.45, 7) is 4.68. The van der Waals surface area contributed by atoms with E-state index in [4.69, 9.17) is 0 Å². The number of aromatic nitrogens is 2. The standard InChI is InChI=1S/C13H20N4O/c1-9-8-17(6-5-14-9)13(18)10-3-2-4-12-11(10)7-15-16-12/h7,9-10,14H,2-6,8H2,1H3,(H,15,16)/t9-,10?/m1/s1. The van der Waals surface area contributed by atoms with Crippen molar-refractivity contribution < 1.29 is 4.79 Å². The number of nitrogens with zero attached hydrogens (tertiary/aromatic N) is 2. The molecule has 2 aliphatic rings. The van der Waals surface area contributed by atoms with E-state index in [0.717, 1.165) is 50.2 Å². The van der Waals surface area contributed by atoms with Gasteiger partial charge in [0.2, 0.25) is 5.91 Å². The molecule has 1 saturated heterocycles. The second kappa shape index (κ2) is 4.72. The minimum atomic E-state index is 0.0257. The monoisotopic (exact) mass is 248 g/mol. The lowest BCUT2D eigenvalue weighted by atomic mass is 9.86. The zero-order valence-electron chi connectivity index (χ0n) is 10.8. The average molecular weight is 248 g/mol. The van der Waals surface area contributed by atoms with E-state index < -0.39 is 0 Å². The fourth-order valence-corrected chi connectivity index (χ4v) is 3.07. The molecule has 0 spiro atoms. The van der Waals surface area contributed by atoms with Crippen LogP contribution >= 0.6 is 0 Å². The number of hydrogen-bond acceptors (Lipinski definition) is 3. The van der Waals surface area contributed by atoms with Gasteiger partial charge < -0.3 is 10.2 Å². The van der Waals surface area contributed by atoms with Crippen molar-refractivity contribution in [2.24, 2.45) is 0 Å². The molecule has 2 heterocycles. The number of H-pyrrole nitrogens is 1. The van der Waals surface area contributed by atoms with Crippen LogP contribution in [0.4, 0.5) is 0 Å². The van der Waals surface area contributed by atoms with Gasteiger partial charge in [-0.15, -0.1) is 0 Å². The maximum atomic E-state index is 12.6. The zero-order valence-corrected chi connectivity index (χ0v) is 10.8. The topological polar surface area (TPSA) is 61.0 Å². The largest absolute Gasteiger partial charge is 0.339 e. The zero-order chi connectivity index (χ0) is 12.5. The average Bonchev–Trinajstić information content (AvgIpc) is 2.86. The molecule has 98 valence electrons. The van der Waals surface area contributed by atoms with Crippen LogP contribution in [0.25, 0.3) is 0 Å². The van der Waals surface area contributed by atoms with Crippen LogP contribution < -0.4 is 5.32 Å². The van der Waals surface area contributed by atoms with Gasteiger partial charge in [-0.3, -0.25) is 9.89 Å². The van der Waals surface area contributed by atoms with Crippen molar-refractivity contribution in [1.82, 2.24) is 20.4 Å². The molecule has 0 saturated carbocycles. The molecule has 0 aromatic carbocycles. The fourth-order valence-electron chi connectivity index (χ4n) is 3.07. The summed E-state index contributed by atoms with van der Waals surface area (Å²) in [5.41, 5.74) is 2.28. The smallest absolute Gasteiger partial charge is 0.230 e. The summed E-state index contributed by atoms with van der Waals surface area (Å²) in [6, 6.07) is 0.398. The van der Waals surface area contributed by atoms with Crippen LogP contribution in [0.2, 0.25) is 0 Å². The van der Waals surface area contributed by atoms with Gasteiger partial charge in [-0.1, -0.05) is 0 Å². The van der Waals surface area contributed by atoms with Crippen LogP contribution in [0.5, 0.6) is 0 Å². The summed E-state index contributed by atoms with van der Waals surface area (Å²) in [4.78, 5) is 14.6. The number of amides is 1. The van der Waals surface area contributed by atoms with Gasteiger partial charge in [0.05, 0.1) is 12.1 Å². The Morgan fingerprint density at radius 1 is 1.56 bits per heavy atom. The van der Waals surface area contributed by atoms with Gasteiger partial charge in [0.1, 0.15) is 0 Å². The van der Waals surface area contributed by atoms with Gasteiger partial charge in [0, 0.05) is 36.9 Å². The maximum Gasteiger partial charge on any atom is 0.230 e. The van der Waals surface area contributed by atoms with Crippen LogP contribution in [0.15, 0.2) is 6.20 Å². The Kier molecular flexibility index (Phi) is 3.07. The molecule has 18 heavy (non-hydrogen) atoms. The summed E-state index contributed by atoms with van der Waals surface area (Å²) in [7, 11) is 0. The predicted molar refractivity (Wildman–Crippen MR) is 68.3 cm³/mol. The Balaban J connectivity index is 1.77. The lowest BCUT2D eigenvalue weighted by Crippen LogP contribution is -2.52. The summed E-state index contributed by atoms with van der Waals surface area (Å²) in [5, 5.41) is 10.5. The van der Waals surface area contributed by atoms with Gasteiger partial charge in [-0.25, -0.2) is 0 Å². The number of carbonyl (C=O) groups is 1. The third kappa shape index (κ3) is 2.03. The first kappa shape index (κ1) is 11.7. The van der Waals surface area contributed by atoms with Gasteiger partial charge >= 0.3 is 0 Å². The number of hydrogen-bond donors (Lipinski definition) is 2. The van der Waals surface area contributed by atoms with Crippen molar-refractivity contribution in [2.45, 2.75) is 38.1 Å². The highest BCUT2D eigenvalue weighted by molar-refractivity contribution is 5.84. The highest BCUT2D eigenvalue weighted by Gasteiger charge is 2.32. The number of rotatable bonds is 1. The third-order valence-corrected chi connectivity index (χ3v) is 4.03. The van der Waals surface area contributed by atoms with Crippen molar-refractivity contribution in [2.75, 3.05) is 19.6 Å². The second-order valence-electron chi connectivity index (χ2n) is 5.39. The number of aromatic amines is 1. The van der Waals surface area contributed by atoms with Crippen LogP contribution in [0, 0.1) is 0 Å². The van der Waals surface area contributed by atoms with E-state index in [1.165, 1.54) is 0 Å². The summed E-state index contributed by atoms with van der Waals surface area (Å²) in [5.74, 6) is 0.309. The Bertz CT molecular complexity index is 442. The van der Waals surface area contributed by atoms with Crippen molar-refractivity contribution in [3.63, 3.8) is 0 Å². The quantitative estimate of drug-likeness (QED) is 0.767. The van der Waals surface area contributed by atoms with E-state index in [9.17, 15) is 4.79 Å². The SMILES string of the molecule is C[C@@H]1CN(C(=O)C2CCCc3[nH]ncc32)CCN1. The maximum absolute atomic E-state index is 12.6. The van der Waals surface area contributed by atoms with E-state index in [2.05, 4.69) is 22.4 Å². The molecule has 5 nitrogen and oxygen atoms in total. The fraction of sp³-hybridized carbons (Fsp3) is 0.692. The molecule has 2 N–H and O–H groups in total. The number of fused-ring (bicyclic) bond motifs is 1. The van der Waals surface area contributed by atoms with Crippen molar-refractivity contribution in [3.8, 4) is 0 Å². The summed E-state index contributed by atoms with van der Waals surface area (Å²) in [6.07, 6.45) is 4.90. The Morgan fingerprint density at radius 3 is 3.28 bits per heavy atom. The molecule has 5 heteroatoms. The first-order valence-electron chi connectivity index (χ1n) is 6.80. The molecular weight excluding hydrogens is 228 g/mol. The molecule has 1 aliphatic heterocycles. The molecule has 2 atom stereocenters. The Morgan fingerprint density at radius 2 is 2.44 bits per heavy atom. The van der Waals surface area contributed by atoms with E-state index in [1.807, 2.05) is 11.1 Å². The van der Waals surface area contributed by atoms with Crippen LogP contribution in [-0.2, 0) is 11.2 Å². The predicted octanol–water partition coefficient (Wildman–Crippen LogP) is 0.650. The second-order valence-corrected chi connectivity index (χ2v) is 5.39. The normalized spacial score (nSPS) is 27.9. The van der Waals surface area contributed by atoms with Crippen LogP contribution in [0.3, 0.4) is 0 Å². The first-order chi connectivity index (χ1) is 8.75. The van der Waals surface area contributed by atoms with Crippen molar-refractivity contribution in [3.05, 3.63) is 17.5 Å². The molecule has 3 rings (SSSR count). The van der Waals surface area contributed by atoms with Crippen molar-refractivity contribution in [1.29, 1.82) is 0 Å². The first-order valence-corrected chi connectivity index (χ1v) is 6.80. The van der Waals surface area contributed by atoms with E-state index in [-0.39, 0.29) is 11.8 Å². The molecule has 1 aromatic rings. The molecule has 1 amide bonds. The van der Waals surface area contributed by atoms with E-state index in [1.54, 1.807) is 0 Å². The summed E-state index contributed by atoms with van der Waals surface area (Å²) < 4.78 is 0. The van der Waals surface area contributed by atoms with Gasteiger partial charge in [-0.2, -0.15) is 5.10 Å².